The zero-order chi connectivity index (χ0) is 23.8. The van der Waals surface area contributed by atoms with E-state index in [1.165, 1.54) is 27.4 Å². The van der Waals surface area contributed by atoms with E-state index in [2.05, 4.69) is 10.2 Å². The number of nitrogens with zero attached hydrogens (tertiary/aromatic N) is 3. The van der Waals surface area contributed by atoms with E-state index in [1.807, 2.05) is 6.07 Å². The van der Waals surface area contributed by atoms with Gasteiger partial charge in [0.05, 0.1) is 21.3 Å². The van der Waals surface area contributed by atoms with E-state index in [0.29, 0.717) is 34.1 Å². The largest absolute Gasteiger partial charge is 0.497 e. The molecule has 170 valence electrons. The van der Waals surface area contributed by atoms with E-state index in [4.69, 9.17) is 28.6 Å². The van der Waals surface area contributed by atoms with Gasteiger partial charge in [-0.2, -0.15) is 5.26 Å². The highest BCUT2D eigenvalue weighted by atomic mass is 32.2. The van der Waals surface area contributed by atoms with Crippen molar-refractivity contribution in [1.82, 2.24) is 10.2 Å². The Morgan fingerprint density at radius 3 is 2.42 bits per heavy atom. The molecule has 10 nitrogen and oxygen atoms in total. The number of rotatable bonds is 10. The molecule has 3 rings (SSSR count). The van der Waals surface area contributed by atoms with Crippen LogP contribution in [0.15, 0.2) is 50.9 Å². The number of thioether (sulfide) groups is 1. The first-order valence-electron chi connectivity index (χ1n) is 9.35. The minimum Gasteiger partial charge on any atom is -0.497 e. The topological polar surface area (TPSA) is 137 Å². The lowest BCUT2D eigenvalue weighted by molar-refractivity contribution is -0.131. The molecular formula is C22H19N3O7S. The lowest BCUT2D eigenvalue weighted by Gasteiger charge is -2.09. The van der Waals surface area contributed by atoms with Crippen LogP contribution in [0.3, 0.4) is 0 Å². The average molecular weight is 469 g/mol. The van der Waals surface area contributed by atoms with Crippen molar-refractivity contribution in [3.63, 3.8) is 0 Å². The first kappa shape index (κ1) is 23.5. The van der Waals surface area contributed by atoms with Gasteiger partial charge in [0.15, 0.2) is 18.1 Å². The molecule has 0 spiro atoms. The summed E-state index contributed by atoms with van der Waals surface area (Å²) in [6.07, 6.45) is 1.43. The van der Waals surface area contributed by atoms with Crippen molar-refractivity contribution in [2.45, 2.75) is 5.22 Å². The van der Waals surface area contributed by atoms with E-state index < -0.39 is 5.97 Å². The number of carboxylic acid groups (broad SMARTS) is 1. The fraction of sp³-hybridized carbons (Fsp3) is 0.182. The summed E-state index contributed by atoms with van der Waals surface area (Å²) >= 11 is 0.802. The van der Waals surface area contributed by atoms with E-state index >= 15 is 0 Å². The van der Waals surface area contributed by atoms with Crippen molar-refractivity contribution < 1.29 is 33.3 Å². The minimum atomic E-state index is -1.17. The summed E-state index contributed by atoms with van der Waals surface area (Å²) in [7, 11) is 4.49. The zero-order valence-corrected chi connectivity index (χ0v) is 18.7. The van der Waals surface area contributed by atoms with Crippen LogP contribution < -0.4 is 18.9 Å². The second kappa shape index (κ2) is 10.9. The Morgan fingerprint density at radius 2 is 1.82 bits per heavy atom. The monoisotopic (exact) mass is 469 g/mol. The van der Waals surface area contributed by atoms with E-state index in [0.717, 1.165) is 11.8 Å². The van der Waals surface area contributed by atoms with Crippen LogP contribution in [-0.4, -0.2) is 49.2 Å². The standard InChI is InChI=1S/C22H19N3O7S/c1-28-15-10-14(11-16(12-15)29-2)20-24-25-22(32-20)33-19(21(26)27)9-13-4-5-17(31-7-6-23)18(8-13)30-3/h4-5,8-12H,7H2,1-3H3,(H,26,27)/b19-9-. The molecule has 0 aliphatic carbocycles. The fourth-order valence-electron chi connectivity index (χ4n) is 2.68. The number of hydrogen-bond acceptors (Lipinski definition) is 10. The van der Waals surface area contributed by atoms with Crippen LogP contribution in [0.2, 0.25) is 0 Å². The van der Waals surface area contributed by atoms with Crippen molar-refractivity contribution in [1.29, 1.82) is 5.26 Å². The molecule has 0 atom stereocenters. The van der Waals surface area contributed by atoms with Gasteiger partial charge in [0.25, 0.3) is 5.22 Å². The maximum Gasteiger partial charge on any atom is 0.342 e. The van der Waals surface area contributed by atoms with Gasteiger partial charge in [0.2, 0.25) is 5.89 Å². The highest BCUT2D eigenvalue weighted by molar-refractivity contribution is 8.03. The van der Waals surface area contributed by atoms with Crippen molar-refractivity contribution >= 4 is 23.8 Å². The second-order valence-electron chi connectivity index (χ2n) is 6.25. The van der Waals surface area contributed by atoms with Crippen LogP contribution in [0.4, 0.5) is 0 Å². The molecule has 0 aliphatic heterocycles. The van der Waals surface area contributed by atoms with Crippen molar-refractivity contribution in [2.24, 2.45) is 0 Å². The van der Waals surface area contributed by atoms with E-state index in [-0.39, 0.29) is 22.6 Å². The number of benzene rings is 2. The predicted molar refractivity (Wildman–Crippen MR) is 118 cm³/mol. The summed E-state index contributed by atoms with van der Waals surface area (Å²) in [6, 6.07) is 11.8. The molecule has 0 bridgehead atoms. The van der Waals surface area contributed by atoms with Crippen LogP contribution in [-0.2, 0) is 4.79 Å². The molecule has 1 N–H and O–H groups in total. The van der Waals surface area contributed by atoms with Crippen LogP contribution in [0.25, 0.3) is 17.5 Å². The highest BCUT2D eigenvalue weighted by Gasteiger charge is 2.17. The summed E-state index contributed by atoms with van der Waals surface area (Å²) in [6.45, 7) is -0.138. The summed E-state index contributed by atoms with van der Waals surface area (Å²) < 4.78 is 26.7. The Balaban J connectivity index is 1.86. The molecular weight excluding hydrogens is 450 g/mol. The van der Waals surface area contributed by atoms with Crippen LogP contribution in [0.5, 0.6) is 23.0 Å². The number of aromatic nitrogens is 2. The van der Waals surface area contributed by atoms with Crippen LogP contribution >= 0.6 is 11.8 Å². The molecule has 0 unspecified atom stereocenters. The van der Waals surface area contributed by atoms with Crippen molar-refractivity contribution in [3.8, 4) is 40.5 Å². The molecule has 2 aromatic carbocycles. The van der Waals surface area contributed by atoms with E-state index in [1.54, 1.807) is 36.4 Å². The third-order valence-corrected chi connectivity index (χ3v) is 5.04. The Kier molecular flexibility index (Phi) is 7.77. The normalized spacial score (nSPS) is 10.9. The third-order valence-electron chi connectivity index (χ3n) is 4.19. The summed E-state index contributed by atoms with van der Waals surface area (Å²) in [5.41, 5.74) is 1.10. The van der Waals surface area contributed by atoms with Gasteiger partial charge in [0.1, 0.15) is 22.5 Å². The van der Waals surface area contributed by atoms with Crippen LogP contribution in [0, 0.1) is 11.3 Å². The van der Waals surface area contributed by atoms with Gasteiger partial charge < -0.3 is 28.5 Å². The first-order valence-corrected chi connectivity index (χ1v) is 10.2. The van der Waals surface area contributed by atoms with Crippen molar-refractivity contribution in [2.75, 3.05) is 27.9 Å². The Morgan fingerprint density at radius 1 is 1.09 bits per heavy atom. The molecule has 1 heterocycles. The molecule has 1 aromatic heterocycles. The van der Waals surface area contributed by atoms with Gasteiger partial charge >= 0.3 is 5.97 Å². The predicted octanol–water partition coefficient (Wildman–Crippen LogP) is 3.88. The molecule has 33 heavy (non-hydrogen) atoms. The number of ether oxygens (including phenoxy) is 4. The third kappa shape index (κ3) is 5.96. The number of carbonyl (C=O) groups is 1. The Bertz CT molecular complexity index is 1190. The fourth-order valence-corrected chi connectivity index (χ4v) is 3.35. The van der Waals surface area contributed by atoms with Crippen LogP contribution in [0.1, 0.15) is 5.56 Å². The summed E-state index contributed by atoms with van der Waals surface area (Å²) in [5.74, 6) is 0.821. The van der Waals surface area contributed by atoms with Gasteiger partial charge in [-0.3, -0.25) is 0 Å². The Labute approximate surface area is 193 Å². The number of methoxy groups -OCH3 is 3. The molecule has 0 amide bonds. The summed E-state index contributed by atoms with van der Waals surface area (Å²) in [5, 5.41) is 26.3. The smallest absolute Gasteiger partial charge is 0.342 e. The minimum absolute atomic E-state index is 0.0429. The maximum absolute atomic E-state index is 11.8. The van der Waals surface area contributed by atoms with Gasteiger partial charge in [-0.15, -0.1) is 10.2 Å². The lowest BCUT2D eigenvalue weighted by Crippen LogP contribution is -1.98. The molecule has 0 fully saturated rings. The van der Waals surface area contributed by atoms with Gasteiger partial charge in [-0.05, 0) is 47.7 Å². The van der Waals surface area contributed by atoms with Gasteiger partial charge in [-0.1, -0.05) is 6.07 Å². The molecule has 3 aromatic rings. The molecule has 11 heteroatoms. The molecule has 0 saturated carbocycles. The van der Waals surface area contributed by atoms with Gasteiger partial charge in [0, 0.05) is 11.6 Å². The number of hydrogen-bond donors (Lipinski definition) is 1. The molecule has 0 saturated heterocycles. The SMILES string of the molecule is COc1cc(OC)cc(-c2nnc(S/C(=C\c3ccc(OCC#N)c(OC)c3)C(=O)O)o2)c1. The first-order chi connectivity index (χ1) is 16.0. The average Bonchev–Trinajstić information content (AvgIpc) is 3.30. The summed E-state index contributed by atoms with van der Waals surface area (Å²) in [4.78, 5) is 11.8. The maximum atomic E-state index is 11.8. The Hall–Kier alpha value is -4.17. The van der Waals surface area contributed by atoms with E-state index in [9.17, 15) is 9.90 Å². The number of aliphatic carboxylic acids is 1. The number of carboxylic acids is 1. The zero-order valence-electron chi connectivity index (χ0n) is 17.9. The molecule has 0 radical (unpaired) electrons. The van der Waals surface area contributed by atoms with Gasteiger partial charge in [-0.25, -0.2) is 4.79 Å². The number of nitriles is 1. The lowest BCUT2D eigenvalue weighted by atomic mass is 10.2. The second-order valence-corrected chi connectivity index (χ2v) is 7.24. The quantitative estimate of drug-likeness (QED) is 0.342. The highest BCUT2D eigenvalue weighted by Crippen LogP contribution is 2.34. The van der Waals surface area contributed by atoms with Crippen molar-refractivity contribution in [3.05, 3.63) is 46.9 Å². The molecule has 0 aliphatic rings.